The standard InChI is InChI=1S/C18H21NO2/c1-3-17(13-5-9-15(19-21)10-6-13)18(4-2)14-7-11-16(20)12-8-14/h5-12,19-21H,3-4H2,1-2H3/b18-17+. The molecule has 0 unspecified atom stereocenters. The van der Waals surface area contributed by atoms with Crippen molar-refractivity contribution in [3.63, 3.8) is 0 Å². The molecule has 3 nitrogen and oxygen atoms in total. The Bertz CT molecular complexity index is 613. The van der Waals surface area contributed by atoms with Gasteiger partial charge >= 0.3 is 0 Å². The third-order valence-corrected chi connectivity index (χ3v) is 3.65. The molecule has 0 spiro atoms. The Balaban J connectivity index is 2.49. The number of benzene rings is 2. The van der Waals surface area contributed by atoms with Gasteiger partial charge < -0.3 is 5.11 Å². The molecule has 0 saturated carbocycles. The van der Waals surface area contributed by atoms with Crippen LogP contribution in [0, 0.1) is 0 Å². The molecular formula is C18H21NO2. The average Bonchev–Trinajstić information content (AvgIpc) is 2.54. The molecule has 2 rings (SSSR count). The molecule has 0 aliphatic rings. The van der Waals surface area contributed by atoms with Crippen LogP contribution < -0.4 is 5.48 Å². The second-order valence-electron chi connectivity index (χ2n) is 4.90. The first-order chi connectivity index (χ1) is 10.2. The molecule has 21 heavy (non-hydrogen) atoms. The number of aromatic hydroxyl groups is 1. The van der Waals surface area contributed by atoms with E-state index in [1.807, 2.05) is 36.4 Å². The van der Waals surface area contributed by atoms with Crippen LogP contribution in [0.3, 0.4) is 0 Å². The minimum absolute atomic E-state index is 0.283. The minimum Gasteiger partial charge on any atom is -0.508 e. The smallest absolute Gasteiger partial charge is 0.115 e. The molecule has 0 aliphatic heterocycles. The number of rotatable bonds is 5. The second-order valence-corrected chi connectivity index (χ2v) is 4.90. The van der Waals surface area contributed by atoms with Crippen molar-refractivity contribution in [3.8, 4) is 5.75 Å². The highest BCUT2D eigenvalue weighted by atomic mass is 16.5. The predicted octanol–water partition coefficient (Wildman–Crippen LogP) is 4.92. The number of allylic oxidation sites excluding steroid dienone is 2. The van der Waals surface area contributed by atoms with Crippen molar-refractivity contribution >= 4 is 16.8 Å². The summed E-state index contributed by atoms with van der Waals surface area (Å²) in [5, 5.41) is 18.3. The maximum absolute atomic E-state index is 9.43. The zero-order valence-corrected chi connectivity index (χ0v) is 12.4. The summed E-state index contributed by atoms with van der Waals surface area (Å²) in [5.41, 5.74) is 7.68. The summed E-state index contributed by atoms with van der Waals surface area (Å²) in [6, 6.07) is 15.1. The molecule has 0 bridgehead atoms. The van der Waals surface area contributed by atoms with E-state index in [-0.39, 0.29) is 5.75 Å². The summed E-state index contributed by atoms with van der Waals surface area (Å²) < 4.78 is 0. The maximum atomic E-state index is 9.43. The lowest BCUT2D eigenvalue weighted by Gasteiger charge is -2.14. The number of nitrogens with one attached hydrogen (secondary N) is 1. The lowest BCUT2D eigenvalue weighted by molar-refractivity contribution is 0.389. The second kappa shape index (κ2) is 6.95. The van der Waals surface area contributed by atoms with E-state index < -0.39 is 0 Å². The zero-order chi connectivity index (χ0) is 15.2. The van der Waals surface area contributed by atoms with Gasteiger partial charge in [-0.25, -0.2) is 0 Å². The molecule has 0 amide bonds. The summed E-state index contributed by atoms with van der Waals surface area (Å²) >= 11 is 0. The highest BCUT2D eigenvalue weighted by Gasteiger charge is 2.09. The van der Waals surface area contributed by atoms with Crippen LogP contribution in [0.2, 0.25) is 0 Å². The predicted molar refractivity (Wildman–Crippen MR) is 87.4 cm³/mol. The normalized spacial score (nSPS) is 12.0. The van der Waals surface area contributed by atoms with Gasteiger partial charge in [-0.1, -0.05) is 38.1 Å². The van der Waals surface area contributed by atoms with E-state index in [1.54, 1.807) is 12.1 Å². The maximum Gasteiger partial charge on any atom is 0.115 e. The molecule has 0 fully saturated rings. The monoisotopic (exact) mass is 283 g/mol. The summed E-state index contributed by atoms with van der Waals surface area (Å²) in [6.07, 6.45) is 1.85. The first kappa shape index (κ1) is 15.1. The number of anilines is 1. The van der Waals surface area contributed by atoms with E-state index in [0.717, 1.165) is 24.0 Å². The molecule has 3 N–H and O–H groups in total. The van der Waals surface area contributed by atoms with Crippen LogP contribution in [0.25, 0.3) is 11.1 Å². The van der Waals surface area contributed by atoms with Crippen molar-refractivity contribution in [2.75, 3.05) is 5.48 Å². The lowest BCUT2D eigenvalue weighted by Crippen LogP contribution is -1.93. The van der Waals surface area contributed by atoms with Gasteiger partial charge in [0.2, 0.25) is 0 Å². The highest BCUT2D eigenvalue weighted by molar-refractivity contribution is 5.91. The van der Waals surface area contributed by atoms with Crippen LogP contribution >= 0.6 is 0 Å². The Hall–Kier alpha value is -2.26. The van der Waals surface area contributed by atoms with Gasteiger partial charge in [0.05, 0.1) is 5.69 Å². The Morgan fingerprint density at radius 1 is 0.810 bits per heavy atom. The Kier molecular flexibility index (Phi) is 5.01. The molecule has 2 aromatic carbocycles. The number of hydrogen-bond acceptors (Lipinski definition) is 3. The van der Waals surface area contributed by atoms with Crippen LogP contribution in [0.15, 0.2) is 48.5 Å². The van der Waals surface area contributed by atoms with Crippen molar-refractivity contribution in [3.05, 3.63) is 59.7 Å². The molecule has 2 aromatic rings. The topological polar surface area (TPSA) is 52.5 Å². The van der Waals surface area contributed by atoms with Crippen molar-refractivity contribution in [2.24, 2.45) is 0 Å². The number of hydrogen-bond donors (Lipinski definition) is 3. The minimum atomic E-state index is 0.283. The first-order valence-electron chi connectivity index (χ1n) is 7.21. The van der Waals surface area contributed by atoms with Crippen LogP contribution in [-0.4, -0.2) is 10.3 Å². The van der Waals surface area contributed by atoms with Crippen LogP contribution in [0.1, 0.15) is 37.8 Å². The Labute approximate surface area is 125 Å². The fourth-order valence-electron chi connectivity index (χ4n) is 2.59. The van der Waals surface area contributed by atoms with E-state index in [1.165, 1.54) is 11.1 Å². The zero-order valence-electron chi connectivity index (χ0n) is 12.4. The molecule has 0 saturated heterocycles. The van der Waals surface area contributed by atoms with Gasteiger partial charge in [0.15, 0.2) is 0 Å². The number of phenolic OH excluding ortho intramolecular Hbond substituents is 1. The number of phenols is 1. The SMILES string of the molecule is CC/C(=C(/CC)c1ccc(NO)cc1)c1ccc(O)cc1. The third-order valence-electron chi connectivity index (χ3n) is 3.65. The van der Waals surface area contributed by atoms with Crippen molar-refractivity contribution in [2.45, 2.75) is 26.7 Å². The molecule has 3 heteroatoms. The first-order valence-corrected chi connectivity index (χ1v) is 7.21. The summed E-state index contributed by atoms with van der Waals surface area (Å²) in [5.74, 6) is 0.283. The van der Waals surface area contributed by atoms with Gasteiger partial charge in [0, 0.05) is 0 Å². The van der Waals surface area contributed by atoms with Crippen molar-refractivity contribution < 1.29 is 10.3 Å². The largest absolute Gasteiger partial charge is 0.508 e. The van der Waals surface area contributed by atoms with E-state index in [4.69, 9.17) is 5.21 Å². The van der Waals surface area contributed by atoms with Gasteiger partial charge in [0.1, 0.15) is 5.75 Å². The quantitative estimate of drug-likeness (QED) is 0.539. The van der Waals surface area contributed by atoms with Crippen LogP contribution in [0.4, 0.5) is 5.69 Å². The third kappa shape index (κ3) is 3.44. The van der Waals surface area contributed by atoms with Gasteiger partial charge in [-0.2, -0.15) is 0 Å². The molecule has 0 heterocycles. The molecule has 0 aromatic heterocycles. The van der Waals surface area contributed by atoms with Gasteiger partial charge in [0.25, 0.3) is 0 Å². The summed E-state index contributed by atoms with van der Waals surface area (Å²) in [6.45, 7) is 4.28. The fourth-order valence-corrected chi connectivity index (χ4v) is 2.59. The molecule has 110 valence electrons. The van der Waals surface area contributed by atoms with Crippen LogP contribution in [-0.2, 0) is 0 Å². The van der Waals surface area contributed by atoms with E-state index in [2.05, 4.69) is 19.3 Å². The van der Waals surface area contributed by atoms with Crippen molar-refractivity contribution in [1.29, 1.82) is 0 Å². The van der Waals surface area contributed by atoms with Gasteiger partial charge in [-0.3, -0.25) is 10.7 Å². The average molecular weight is 283 g/mol. The molecule has 0 aliphatic carbocycles. The Morgan fingerprint density at radius 2 is 1.24 bits per heavy atom. The van der Waals surface area contributed by atoms with Crippen LogP contribution in [0.5, 0.6) is 5.75 Å². The lowest BCUT2D eigenvalue weighted by atomic mass is 9.91. The highest BCUT2D eigenvalue weighted by Crippen LogP contribution is 2.32. The summed E-state index contributed by atoms with van der Waals surface area (Å²) in [4.78, 5) is 0. The molecular weight excluding hydrogens is 262 g/mol. The van der Waals surface area contributed by atoms with Gasteiger partial charge in [-0.05, 0) is 59.4 Å². The summed E-state index contributed by atoms with van der Waals surface area (Å²) in [7, 11) is 0. The van der Waals surface area contributed by atoms with Gasteiger partial charge in [-0.15, -0.1) is 0 Å². The van der Waals surface area contributed by atoms with Crippen molar-refractivity contribution in [1.82, 2.24) is 0 Å². The van der Waals surface area contributed by atoms with E-state index >= 15 is 0 Å². The Morgan fingerprint density at radius 3 is 1.62 bits per heavy atom. The van der Waals surface area contributed by atoms with E-state index in [9.17, 15) is 5.11 Å². The van der Waals surface area contributed by atoms with E-state index in [0.29, 0.717) is 5.69 Å². The molecule has 0 atom stereocenters. The fraction of sp³-hybridized carbons (Fsp3) is 0.222. The molecule has 0 radical (unpaired) electrons.